The van der Waals surface area contributed by atoms with Gasteiger partial charge in [-0.1, -0.05) is 26.0 Å². The topological polar surface area (TPSA) is 61.4 Å². The van der Waals surface area contributed by atoms with Crippen molar-refractivity contribution in [2.45, 2.75) is 13.8 Å². The van der Waals surface area contributed by atoms with Crippen molar-refractivity contribution in [3.8, 4) is 0 Å². The molecular formula is C20H24IN3O2. The Morgan fingerprint density at radius 1 is 0.962 bits per heavy atom. The Labute approximate surface area is 168 Å². The van der Waals surface area contributed by atoms with Gasteiger partial charge in [-0.05, 0) is 72.1 Å². The van der Waals surface area contributed by atoms with Gasteiger partial charge >= 0.3 is 0 Å². The van der Waals surface area contributed by atoms with E-state index in [0.29, 0.717) is 23.4 Å². The number of nitrogens with zero attached hydrogens (tertiary/aromatic N) is 1. The van der Waals surface area contributed by atoms with Crippen molar-refractivity contribution in [1.82, 2.24) is 10.2 Å². The van der Waals surface area contributed by atoms with Crippen LogP contribution in [0.1, 0.15) is 34.6 Å². The van der Waals surface area contributed by atoms with Crippen molar-refractivity contribution in [1.29, 1.82) is 0 Å². The Morgan fingerprint density at radius 3 is 2.23 bits per heavy atom. The van der Waals surface area contributed by atoms with E-state index in [-0.39, 0.29) is 11.8 Å². The van der Waals surface area contributed by atoms with Gasteiger partial charge in [-0.2, -0.15) is 0 Å². The van der Waals surface area contributed by atoms with E-state index in [9.17, 15) is 9.59 Å². The summed E-state index contributed by atoms with van der Waals surface area (Å²) >= 11 is 2.14. The van der Waals surface area contributed by atoms with Gasteiger partial charge in [-0.25, -0.2) is 0 Å². The van der Waals surface area contributed by atoms with Gasteiger partial charge in [0.2, 0.25) is 0 Å². The number of halogens is 1. The zero-order chi connectivity index (χ0) is 18.9. The molecule has 0 aliphatic heterocycles. The number of carbonyl (C=O) groups is 2. The lowest BCUT2D eigenvalue weighted by Crippen LogP contribution is -2.34. The Bertz CT molecular complexity index is 743. The number of amides is 2. The molecule has 2 aromatic carbocycles. The Balaban J connectivity index is 1.90. The zero-order valence-electron chi connectivity index (χ0n) is 15.1. The lowest BCUT2D eigenvalue weighted by atomic mass is 10.1. The molecule has 0 aromatic heterocycles. The molecule has 2 rings (SSSR count). The molecule has 6 heteroatoms. The summed E-state index contributed by atoms with van der Waals surface area (Å²) in [5.74, 6) is -0.265. The molecule has 0 saturated carbocycles. The van der Waals surface area contributed by atoms with Gasteiger partial charge in [-0.3, -0.25) is 9.59 Å². The number of rotatable bonds is 8. The van der Waals surface area contributed by atoms with Crippen molar-refractivity contribution in [3.05, 3.63) is 63.2 Å². The van der Waals surface area contributed by atoms with Crippen LogP contribution in [-0.2, 0) is 0 Å². The first-order valence-electron chi connectivity index (χ1n) is 8.71. The highest BCUT2D eigenvalue weighted by molar-refractivity contribution is 14.1. The maximum Gasteiger partial charge on any atom is 0.256 e. The van der Waals surface area contributed by atoms with Crippen LogP contribution < -0.4 is 10.6 Å². The smallest absolute Gasteiger partial charge is 0.256 e. The lowest BCUT2D eigenvalue weighted by Gasteiger charge is -2.18. The zero-order valence-corrected chi connectivity index (χ0v) is 17.2. The minimum Gasteiger partial charge on any atom is -0.351 e. The SMILES string of the molecule is CCN(CC)CCNC(=O)c1ccc(NC(=O)c2ccccc2I)cc1. The summed E-state index contributed by atoms with van der Waals surface area (Å²) in [5, 5.41) is 5.78. The van der Waals surface area contributed by atoms with Gasteiger partial charge in [0, 0.05) is 27.9 Å². The molecule has 0 atom stereocenters. The van der Waals surface area contributed by atoms with Gasteiger partial charge in [0.05, 0.1) is 5.56 Å². The highest BCUT2D eigenvalue weighted by Gasteiger charge is 2.10. The van der Waals surface area contributed by atoms with Crippen LogP contribution in [0.5, 0.6) is 0 Å². The summed E-state index contributed by atoms with van der Waals surface area (Å²) in [6, 6.07) is 14.3. The first-order chi connectivity index (χ1) is 12.5. The van der Waals surface area contributed by atoms with Gasteiger partial charge in [0.15, 0.2) is 0 Å². The van der Waals surface area contributed by atoms with E-state index in [4.69, 9.17) is 0 Å². The molecule has 0 radical (unpaired) electrons. The first kappa shape index (κ1) is 20.4. The Hall–Kier alpha value is -1.93. The molecule has 0 bridgehead atoms. The number of likely N-dealkylation sites (N-methyl/N-ethyl adjacent to an activating group) is 1. The molecule has 2 amide bonds. The van der Waals surface area contributed by atoms with Crippen molar-refractivity contribution < 1.29 is 9.59 Å². The van der Waals surface area contributed by atoms with Crippen LogP contribution >= 0.6 is 22.6 Å². The standard InChI is InChI=1S/C20H24IN3O2/c1-3-24(4-2)14-13-22-19(25)15-9-11-16(12-10-15)23-20(26)17-7-5-6-8-18(17)21/h5-12H,3-4,13-14H2,1-2H3,(H,22,25)(H,23,26). The van der Waals surface area contributed by atoms with Crippen molar-refractivity contribution >= 4 is 40.1 Å². The molecule has 2 aromatic rings. The Kier molecular flexibility index (Phi) is 8.06. The fraction of sp³-hybridized carbons (Fsp3) is 0.300. The molecule has 0 aliphatic carbocycles. The van der Waals surface area contributed by atoms with Crippen molar-refractivity contribution in [2.24, 2.45) is 0 Å². The third kappa shape index (κ3) is 5.81. The summed E-state index contributed by atoms with van der Waals surface area (Å²) in [6.07, 6.45) is 0. The van der Waals surface area contributed by atoms with E-state index in [1.807, 2.05) is 18.2 Å². The van der Waals surface area contributed by atoms with Crippen LogP contribution in [0.15, 0.2) is 48.5 Å². The Morgan fingerprint density at radius 2 is 1.62 bits per heavy atom. The molecule has 0 saturated heterocycles. The van der Waals surface area contributed by atoms with Crippen LogP contribution in [0.3, 0.4) is 0 Å². The predicted molar refractivity (Wildman–Crippen MR) is 114 cm³/mol. The molecular weight excluding hydrogens is 441 g/mol. The van der Waals surface area contributed by atoms with Crippen LogP contribution in [0.4, 0.5) is 5.69 Å². The minimum absolute atomic E-state index is 0.104. The van der Waals surface area contributed by atoms with E-state index >= 15 is 0 Å². The maximum absolute atomic E-state index is 12.3. The average Bonchev–Trinajstić information content (AvgIpc) is 2.66. The third-order valence-electron chi connectivity index (χ3n) is 4.13. The second kappa shape index (κ2) is 10.3. The highest BCUT2D eigenvalue weighted by Crippen LogP contribution is 2.15. The minimum atomic E-state index is -0.161. The fourth-order valence-corrected chi connectivity index (χ4v) is 3.15. The molecule has 0 unspecified atom stereocenters. The second-order valence-corrected chi connectivity index (χ2v) is 6.96. The van der Waals surface area contributed by atoms with Gasteiger partial charge < -0.3 is 15.5 Å². The average molecular weight is 465 g/mol. The molecule has 0 fully saturated rings. The normalized spacial score (nSPS) is 10.6. The number of anilines is 1. The van der Waals surface area contributed by atoms with Crippen molar-refractivity contribution in [3.63, 3.8) is 0 Å². The second-order valence-electron chi connectivity index (χ2n) is 5.79. The van der Waals surface area contributed by atoms with E-state index < -0.39 is 0 Å². The maximum atomic E-state index is 12.3. The molecule has 5 nitrogen and oxygen atoms in total. The van der Waals surface area contributed by atoms with Gasteiger partial charge in [-0.15, -0.1) is 0 Å². The summed E-state index contributed by atoms with van der Waals surface area (Å²) in [7, 11) is 0. The first-order valence-corrected chi connectivity index (χ1v) is 9.79. The number of benzene rings is 2. The number of hydrogen-bond donors (Lipinski definition) is 2. The molecule has 0 heterocycles. The molecule has 0 spiro atoms. The van der Waals surface area contributed by atoms with E-state index in [1.165, 1.54) is 0 Å². The van der Waals surface area contributed by atoms with E-state index in [2.05, 4.69) is 52.0 Å². The predicted octanol–water partition coefficient (Wildman–Crippen LogP) is 3.62. The number of hydrogen-bond acceptors (Lipinski definition) is 3. The largest absolute Gasteiger partial charge is 0.351 e. The van der Waals surface area contributed by atoms with E-state index in [0.717, 1.165) is 23.2 Å². The summed E-state index contributed by atoms with van der Waals surface area (Å²) in [4.78, 5) is 26.8. The van der Waals surface area contributed by atoms with Gasteiger partial charge in [0.25, 0.3) is 11.8 Å². The van der Waals surface area contributed by atoms with E-state index in [1.54, 1.807) is 30.3 Å². The van der Waals surface area contributed by atoms with Crippen LogP contribution in [0.2, 0.25) is 0 Å². The van der Waals surface area contributed by atoms with Crippen molar-refractivity contribution in [2.75, 3.05) is 31.5 Å². The third-order valence-corrected chi connectivity index (χ3v) is 5.07. The molecule has 0 aliphatic rings. The van der Waals surface area contributed by atoms with Crippen LogP contribution in [0, 0.1) is 3.57 Å². The summed E-state index contributed by atoms with van der Waals surface area (Å²) in [5.41, 5.74) is 1.87. The monoisotopic (exact) mass is 465 g/mol. The summed E-state index contributed by atoms with van der Waals surface area (Å²) < 4.78 is 0.895. The molecule has 2 N–H and O–H groups in total. The quantitative estimate of drug-likeness (QED) is 0.586. The number of carbonyl (C=O) groups excluding carboxylic acids is 2. The van der Waals surface area contributed by atoms with Gasteiger partial charge in [0.1, 0.15) is 0 Å². The van der Waals surface area contributed by atoms with Crippen LogP contribution in [-0.4, -0.2) is 42.9 Å². The fourth-order valence-electron chi connectivity index (χ4n) is 2.52. The molecule has 138 valence electrons. The molecule has 26 heavy (non-hydrogen) atoms. The number of nitrogens with one attached hydrogen (secondary N) is 2. The highest BCUT2D eigenvalue weighted by atomic mass is 127. The summed E-state index contributed by atoms with van der Waals surface area (Å²) in [6.45, 7) is 7.61. The lowest BCUT2D eigenvalue weighted by molar-refractivity contribution is 0.0948. The van der Waals surface area contributed by atoms with Crippen LogP contribution in [0.25, 0.3) is 0 Å².